The van der Waals surface area contributed by atoms with Crippen LogP contribution in [0.15, 0.2) is 0 Å². The van der Waals surface area contributed by atoms with E-state index in [-0.39, 0.29) is 0 Å². The molecule has 0 saturated carbocycles. The van der Waals surface area contributed by atoms with Crippen LogP contribution in [0.4, 0.5) is 0 Å². The SMILES string of the molecule is CCCCCCCCCCCCN(CCN)CCN.CN(CCN)CCN.NCCN(CCN)CCN. The van der Waals surface area contributed by atoms with Crippen LogP contribution < -0.4 is 40.1 Å². The first-order valence-electron chi connectivity index (χ1n) is 15.0. The predicted molar refractivity (Wildman–Crippen MR) is 166 cm³/mol. The van der Waals surface area contributed by atoms with Crippen molar-refractivity contribution in [2.45, 2.75) is 71.1 Å². The highest BCUT2D eigenvalue weighted by atomic mass is 15.1. The van der Waals surface area contributed by atoms with Crippen LogP contribution in [0.25, 0.3) is 0 Å². The maximum atomic E-state index is 5.60. The van der Waals surface area contributed by atoms with E-state index in [0.717, 1.165) is 72.0 Å². The Morgan fingerprint density at radius 2 is 0.622 bits per heavy atom. The minimum atomic E-state index is 0.681. The maximum absolute atomic E-state index is 5.60. The molecule has 0 bridgehead atoms. The standard InChI is InChI=1S/C16H37N3.C6H18N4.C5H15N3/c1-2-3-4-5-6-7-8-9-10-11-14-19(15-12-17)16-13-18;7-1-4-10(5-2-8)6-3-9;1-8(4-2-6)5-3-7/h2-18H2,1H3;1-9H2;2-7H2,1H3. The molecule has 0 aliphatic rings. The topological polar surface area (TPSA) is 192 Å². The molecule has 0 aliphatic heterocycles. The van der Waals surface area contributed by atoms with E-state index in [2.05, 4.69) is 21.6 Å². The van der Waals surface area contributed by atoms with Crippen molar-refractivity contribution < 1.29 is 0 Å². The lowest BCUT2D eigenvalue weighted by molar-refractivity contribution is 0.281. The first-order chi connectivity index (χ1) is 18.0. The zero-order chi connectivity index (χ0) is 28.4. The van der Waals surface area contributed by atoms with Crippen molar-refractivity contribution in [1.29, 1.82) is 0 Å². The van der Waals surface area contributed by atoms with Gasteiger partial charge in [-0.2, -0.15) is 0 Å². The number of nitrogens with two attached hydrogens (primary N) is 7. The minimum Gasteiger partial charge on any atom is -0.329 e. The molecule has 14 N–H and O–H groups in total. The van der Waals surface area contributed by atoms with E-state index in [4.69, 9.17) is 40.1 Å². The molecule has 0 aliphatic carbocycles. The van der Waals surface area contributed by atoms with Gasteiger partial charge in [-0.3, -0.25) is 4.90 Å². The summed E-state index contributed by atoms with van der Waals surface area (Å²) >= 11 is 0. The van der Waals surface area contributed by atoms with Gasteiger partial charge in [0.15, 0.2) is 0 Å². The highest BCUT2D eigenvalue weighted by molar-refractivity contribution is 4.60. The molecule has 0 unspecified atom stereocenters. The van der Waals surface area contributed by atoms with Gasteiger partial charge in [0.25, 0.3) is 0 Å². The van der Waals surface area contributed by atoms with E-state index in [0.29, 0.717) is 19.6 Å². The summed E-state index contributed by atoms with van der Waals surface area (Å²) in [7, 11) is 2.01. The van der Waals surface area contributed by atoms with Crippen LogP contribution in [0.2, 0.25) is 0 Å². The van der Waals surface area contributed by atoms with Gasteiger partial charge in [-0.25, -0.2) is 0 Å². The molecule has 10 heteroatoms. The van der Waals surface area contributed by atoms with Crippen molar-refractivity contribution in [2.75, 3.05) is 105 Å². The molecule has 37 heavy (non-hydrogen) atoms. The van der Waals surface area contributed by atoms with E-state index in [9.17, 15) is 0 Å². The number of likely N-dealkylation sites (N-methyl/N-ethyl adjacent to an activating group) is 1. The summed E-state index contributed by atoms with van der Waals surface area (Å²) in [4.78, 5) is 6.67. The highest BCUT2D eigenvalue weighted by Gasteiger charge is 2.02. The fourth-order valence-corrected chi connectivity index (χ4v) is 3.96. The van der Waals surface area contributed by atoms with Gasteiger partial charge in [0, 0.05) is 91.6 Å². The summed E-state index contributed by atoms with van der Waals surface area (Å²) in [5, 5.41) is 0. The number of hydrogen-bond acceptors (Lipinski definition) is 10. The number of unbranched alkanes of at least 4 members (excludes halogenated alkanes) is 9. The Bertz CT molecular complexity index is 351. The van der Waals surface area contributed by atoms with Gasteiger partial charge in [-0.1, -0.05) is 64.7 Å². The molecule has 10 nitrogen and oxygen atoms in total. The molecule has 0 aromatic heterocycles. The highest BCUT2D eigenvalue weighted by Crippen LogP contribution is 2.10. The first kappa shape index (κ1) is 41.1. The molecule has 0 rings (SSSR count). The molecule has 0 atom stereocenters. The zero-order valence-electron chi connectivity index (χ0n) is 25.1. The van der Waals surface area contributed by atoms with Crippen molar-refractivity contribution in [3.63, 3.8) is 0 Å². The van der Waals surface area contributed by atoms with Crippen LogP contribution in [0.3, 0.4) is 0 Å². The fourth-order valence-electron chi connectivity index (χ4n) is 3.96. The fraction of sp³-hybridized carbons (Fsp3) is 1.00. The van der Waals surface area contributed by atoms with Crippen LogP contribution in [-0.4, -0.2) is 120 Å². The Morgan fingerprint density at radius 3 is 0.919 bits per heavy atom. The van der Waals surface area contributed by atoms with E-state index >= 15 is 0 Å². The second kappa shape index (κ2) is 37.8. The smallest absolute Gasteiger partial charge is 0.0106 e. The van der Waals surface area contributed by atoms with Crippen LogP contribution in [0.1, 0.15) is 71.1 Å². The molecule has 0 amide bonds. The largest absolute Gasteiger partial charge is 0.329 e. The van der Waals surface area contributed by atoms with Crippen molar-refractivity contribution in [2.24, 2.45) is 40.1 Å². The van der Waals surface area contributed by atoms with E-state index < -0.39 is 0 Å². The van der Waals surface area contributed by atoms with Crippen LogP contribution >= 0.6 is 0 Å². The summed E-state index contributed by atoms with van der Waals surface area (Å²) in [6, 6.07) is 0. The van der Waals surface area contributed by atoms with Crippen molar-refractivity contribution in [1.82, 2.24) is 14.7 Å². The van der Waals surface area contributed by atoms with Crippen molar-refractivity contribution in [3.8, 4) is 0 Å². The normalized spacial score (nSPS) is 11.0. The molecule has 0 radical (unpaired) electrons. The lowest BCUT2D eigenvalue weighted by Crippen LogP contribution is -2.37. The van der Waals surface area contributed by atoms with Gasteiger partial charge >= 0.3 is 0 Å². The molecule has 0 fully saturated rings. The second-order valence-electron chi connectivity index (χ2n) is 9.69. The van der Waals surface area contributed by atoms with Crippen LogP contribution in [-0.2, 0) is 0 Å². The summed E-state index contributed by atoms with van der Waals surface area (Å²) in [6.07, 6.45) is 14.0. The van der Waals surface area contributed by atoms with Crippen molar-refractivity contribution in [3.05, 3.63) is 0 Å². The third kappa shape index (κ3) is 37.8. The summed E-state index contributed by atoms with van der Waals surface area (Å²) in [5.41, 5.74) is 37.8. The Kier molecular flexibility index (Phi) is 41.9. The number of nitrogens with zero attached hydrogens (tertiary/aromatic N) is 3. The molecule has 0 aromatic rings. The number of rotatable bonds is 25. The number of hydrogen-bond donors (Lipinski definition) is 7. The average Bonchev–Trinajstić information content (AvgIpc) is 2.87. The Labute approximate surface area is 231 Å². The van der Waals surface area contributed by atoms with Gasteiger partial charge in [0.05, 0.1) is 0 Å². The molecule has 0 saturated heterocycles. The predicted octanol–water partition coefficient (Wildman–Crippen LogP) is 0.127. The minimum absolute atomic E-state index is 0.681. The molecular formula is C27H70N10. The molecule has 0 spiro atoms. The summed E-state index contributed by atoms with van der Waals surface area (Å²) < 4.78 is 0. The van der Waals surface area contributed by atoms with Gasteiger partial charge in [-0.05, 0) is 20.0 Å². The Balaban J connectivity index is -0.000000535. The summed E-state index contributed by atoms with van der Waals surface area (Å²) in [5.74, 6) is 0. The lowest BCUT2D eigenvalue weighted by Gasteiger charge is -2.20. The monoisotopic (exact) mass is 535 g/mol. The quantitative estimate of drug-likeness (QED) is 0.0791. The van der Waals surface area contributed by atoms with Crippen molar-refractivity contribution >= 4 is 0 Å². The lowest BCUT2D eigenvalue weighted by atomic mass is 10.1. The van der Waals surface area contributed by atoms with Crippen LogP contribution in [0, 0.1) is 0 Å². The Morgan fingerprint density at radius 1 is 0.351 bits per heavy atom. The van der Waals surface area contributed by atoms with Gasteiger partial charge in [0.1, 0.15) is 0 Å². The van der Waals surface area contributed by atoms with E-state index in [1.807, 2.05) is 7.05 Å². The van der Waals surface area contributed by atoms with Crippen LogP contribution in [0.5, 0.6) is 0 Å². The third-order valence-electron chi connectivity index (χ3n) is 6.08. The van der Waals surface area contributed by atoms with Gasteiger partial charge < -0.3 is 49.9 Å². The molecule has 0 heterocycles. The molecule has 0 aromatic carbocycles. The Hall–Kier alpha value is -0.400. The first-order valence-corrected chi connectivity index (χ1v) is 15.0. The molecule has 228 valence electrons. The summed E-state index contributed by atoms with van der Waals surface area (Å²) in [6.45, 7) is 15.0. The second-order valence-corrected chi connectivity index (χ2v) is 9.69. The van der Waals surface area contributed by atoms with Gasteiger partial charge in [0.2, 0.25) is 0 Å². The van der Waals surface area contributed by atoms with E-state index in [1.54, 1.807) is 0 Å². The third-order valence-corrected chi connectivity index (χ3v) is 6.08. The average molecular weight is 535 g/mol. The maximum Gasteiger partial charge on any atom is 0.0106 e. The zero-order valence-corrected chi connectivity index (χ0v) is 25.1. The van der Waals surface area contributed by atoms with Gasteiger partial charge in [-0.15, -0.1) is 0 Å². The van der Waals surface area contributed by atoms with E-state index in [1.165, 1.54) is 70.8 Å². The molecular weight excluding hydrogens is 464 g/mol.